The molecule has 0 saturated carbocycles. The third kappa shape index (κ3) is 9.79. The van der Waals surface area contributed by atoms with E-state index in [4.69, 9.17) is 33.2 Å². The van der Waals surface area contributed by atoms with Crippen molar-refractivity contribution < 1.29 is 81.0 Å². The number of rotatable bonds is 14. The van der Waals surface area contributed by atoms with E-state index in [1.807, 2.05) is 0 Å². The van der Waals surface area contributed by atoms with Crippen LogP contribution in [0.4, 0.5) is 4.39 Å². The second kappa shape index (κ2) is 21.4. The van der Waals surface area contributed by atoms with Crippen LogP contribution >= 0.6 is 0 Å². The lowest BCUT2D eigenvalue weighted by molar-refractivity contribution is -0.328. The molecule has 0 aliphatic carbocycles. The summed E-state index contributed by atoms with van der Waals surface area (Å²) in [5.74, 6) is -7.93. The molecule has 4 aliphatic rings. The average Bonchev–Trinajstić information content (AvgIpc) is 3.86. The molecule has 10 rings (SSSR count). The molecule has 0 radical (unpaired) electrons. The molecule has 0 unspecified atom stereocenters. The number of esters is 4. The average molecular weight is 1020 g/mol. The van der Waals surface area contributed by atoms with Crippen LogP contribution in [0.3, 0.4) is 0 Å². The van der Waals surface area contributed by atoms with Gasteiger partial charge in [0, 0.05) is 0 Å². The largest absolute Gasteiger partial charge is 0.459 e. The van der Waals surface area contributed by atoms with Crippen molar-refractivity contribution in [1.29, 1.82) is 0 Å². The summed E-state index contributed by atoms with van der Waals surface area (Å²) >= 11 is 0. The lowest BCUT2D eigenvalue weighted by Crippen LogP contribution is -2.70. The number of hydrogen-bond acceptors (Lipinski definition) is 16. The van der Waals surface area contributed by atoms with Crippen molar-refractivity contribution in [3.8, 4) is 0 Å². The van der Waals surface area contributed by atoms with Crippen LogP contribution in [0.25, 0.3) is 0 Å². The molecule has 1 N–H and O–H groups in total. The molecule has 6 aromatic carbocycles. The Bertz CT molecular complexity index is 3090. The van der Waals surface area contributed by atoms with Gasteiger partial charge in [0.1, 0.15) is 49.7 Å². The monoisotopic (exact) mass is 1020 g/mol. The highest BCUT2D eigenvalue weighted by Gasteiger charge is 2.61. The lowest BCUT2D eigenvalue weighted by Gasteiger charge is -2.50. The number of carbonyl (C=O) groups is 8. The highest BCUT2D eigenvalue weighted by atomic mass is 19.1. The molecule has 6 aromatic rings. The van der Waals surface area contributed by atoms with Gasteiger partial charge in [0.25, 0.3) is 23.6 Å². The maximum Gasteiger partial charge on any atom is 0.338 e. The van der Waals surface area contributed by atoms with Crippen LogP contribution in [0.2, 0.25) is 0 Å². The minimum Gasteiger partial charge on any atom is -0.459 e. The van der Waals surface area contributed by atoms with Crippen LogP contribution in [-0.2, 0) is 33.2 Å². The van der Waals surface area contributed by atoms with Gasteiger partial charge in [-0.3, -0.25) is 29.0 Å². The molecule has 0 spiro atoms. The fourth-order valence-corrected chi connectivity index (χ4v) is 9.41. The van der Waals surface area contributed by atoms with E-state index in [2.05, 4.69) is 0 Å². The Morgan fingerprint density at radius 3 is 1.20 bits per heavy atom. The fraction of sp³-hybridized carbons (Fsp3) is 0.214. The van der Waals surface area contributed by atoms with Crippen molar-refractivity contribution in [1.82, 2.24) is 9.80 Å². The van der Waals surface area contributed by atoms with Gasteiger partial charge < -0.3 is 38.3 Å². The Balaban J connectivity index is 1.11. The first-order chi connectivity index (χ1) is 36.4. The summed E-state index contributed by atoms with van der Waals surface area (Å²) in [4.78, 5) is 114. The Labute approximate surface area is 426 Å². The van der Waals surface area contributed by atoms with Crippen molar-refractivity contribution in [3.05, 3.63) is 214 Å². The summed E-state index contributed by atoms with van der Waals surface area (Å²) < 4.78 is 60.1. The number of amides is 4. The second-order valence-corrected chi connectivity index (χ2v) is 17.6. The number of alkyl halides is 1. The van der Waals surface area contributed by atoms with Crippen LogP contribution in [0, 0.1) is 0 Å². The van der Waals surface area contributed by atoms with Crippen molar-refractivity contribution in [2.24, 2.45) is 0 Å². The topological polar surface area (TPSA) is 228 Å². The third-order valence-electron chi connectivity index (χ3n) is 13.1. The van der Waals surface area contributed by atoms with Gasteiger partial charge in [0.2, 0.25) is 6.36 Å². The van der Waals surface area contributed by atoms with Crippen LogP contribution < -0.4 is 0 Å². The molecule has 380 valence electrons. The van der Waals surface area contributed by atoms with E-state index in [1.165, 1.54) is 121 Å². The normalized spacial score (nSPS) is 25.0. The minimum atomic E-state index is -2.70. The molecule has 2 fully saturated rings. The summed E-state index contributed by atoms with van der Waals surface area (Å²) in [6, 6.07) is 37.4. The number of nitrogens with zero attached hydrogens (tertiary/aromatic N) is 2. The van der Waals surface area contributed by atoms with Gasteiger partial charge >= 0.3 is 23.9 Å². The van der Waals surface area contributed by atoms with E-state index in [0.717, 1.165) is 0 Å². The zero-order valence-corrected chi connectivity index (χ0v) is 39.2. The number of benzene rings is 6. The molecule has 0 bridgehead atoms. The van der Waals surface area contributed by atoms with E-state index in [1.54, 1.807) is 48.5 Å². The third-order valence-corrected chi connectivity index (χ3v) is 13.1. The van der Waals surface area contributed by atoms with Crippen LogP contribution in [0.1, 0.15) is 82.9 Å². The Morgan fingerprint density at radius 2 is 0.787 bits per heavy atom. The van der Waals surface area contributed by atoms with Gasteiger partial charge in [-0.2, -0.15) is 0 Å². The van der Waals surface area contributed by atoms with Crippen molar-refractivity contribution in [2.45, 2.75) is 61.4 Å². The molecule has 18 nitrogen and oxygen atoms in total. The zero-order chi connectivity index (χ0) is 52.3. The van der Waals surface area contributed by atoms with E-state index < -0.39 is 122 Å². The van der Waals surface area contributed by atoms with E-state index >= 15 is 4.39 Å². The zero-order valence-electron chi connectivity index (χ0n) is 39.2. The maximum absolute atomic E-state index is 17.4. The SMILES string of the molecule is O=C(OC[C@H]1O[C@@H](O[C@H]2[C@H](OC(=O)c3ccccc3)[C@@H](N3C(=O)c4ccccc4C3=O)[C@H](F)O[C@@H]2COC(=O)c2ccccc2)[C@H](N2C(=O)c3ccccc3C2=O)[C@@H](OC(=O)c2ccccc2)[C@@H]1O)c1ccccc1. The second-order valence-electron chi connectivity index (χ2n) is 17.6. The Morgan fingerprint density at radius 1 is 0.440 bits per heavy atom. The number of fused-ring (bicyclic) bond motifs is 2. The standard InChI is InChI=1S/C56H43FN2O16/c57-47-41(58-48(61)35-25-13-14-26-36(35)49(58)62)46(74-55(68)34-23-11-4-12-24-34)44(40(71-47)30-70-53(66)32-19-7-2-8-20-32)75-56-42(59-50(63)37-27-15-16-28-38(37)51(59)64)45(73-54(67)33-21-9-3-10-22-33)43(60)39(72-56)29-69-52(65)31-17-5-1-6-18-31/h1-28,39-47,56,60H,29-30H2/t39-,40-,41-,42-,43-,44-,45-,46-,47-,56+/m1/s1. The summed E-state index contributed by atoms with van der Waals surface area (Å²) in [6.45, 7) is -1.68. The molecule has 4 aliphatic heterocycles. The first kappa shape index (κ1) is 49.8. The van der Waals surface area contributed by atoms with Crippen LogP contribution in [-0.4, -0.2) is 137 Å². The maximum atomic E-state index is 17.4. The summed E-state index contributed by atoms with van der Waals surface area (Å²) in [7, 11) is 0. The lowest BCUT2D eigenvalue weighted by atomic mass is 9.93. The molecule has 75 heavy (non-hydrogen) atoms. The highest BCUT2D eigenvalue weighted by Crippen LogP contribution is 2.40. The smallest absolute Gasteiger partial charge is 0.338 e. The molecule has 0 aromatic heterocycles. The van der Waals surface area contributed by atoms with Gasteiger partial charge in [0.15, 0.2) is 18.5 Å². The first-order valence-corrected chi connectivity index (χ1v) is 23.6. The van der Waals surface area contributed by atoms with Gasteiger partial charge in [-0.1, -0.05) is 97.1 Å². The summed E-state index contributed by atoms with van der Waals surface area (Å²) in [5, 5.41) is 12.3. The molecule has 4 heterocycles. The number of ether oxygens (including phenoxy) is 7. The van der Waals surface area contributed by atoms with Gasteiger partial charge in [-0.15, -0.1) is 0 Å². The molecular formula is C56H43FN2O16. The summed E-state index contributed by atoms with van der Waals surface area (Å²) in [6.07, 6.45) is -16.7. The molecule has 2 saturated heterocycles. The number of imide groups is 2. The molecule has 4 amide bonds. The van der Waals surface area contributed by atoms with Crippen LogP contribution in [0.15, 0.2) is 170 Å². The van der Waals surface area contributed by atoms with Crippen molar-refractivity contribution in [3.63, 3.8) is 0 Å². The fourth-order valence-electron chi connectivity index (χ4n) is 9.41. The first-order valence-electron chi connectivity index (χ1n) is 23.6. The summed E-state index contributed by atoms with van der Waals surface area (Å²) in [5.41, 5.74) is -0.401. The minimum absolute atomic E-state index is 0.0338. The quantitative estimate of drug-likeness (QED) is 0.0790. The van der Waals surface area contributed by atoms with E-state index in [9.17, 15) is 43.5 Å². The number of carbonyl (C=O) groups excluding carboxylic acids is 8. The van der Waals surface area contributed by atoms with Gasteiger partial charge in [-0.25, -0.2) is 23.6 Å². The van der Waals surface area contributed by atoms with Crippen molar-refractivity contribution >= 4 is 47.5 Å². The predicted molar refractivity (Wildman–Crippen MR) is 256 cm³/mol. The number of aliphatic hydroxyl groups is 1. The number of hydrogen-bond donors (Lipinski definition) is 1. The highest BCUT2D eigenvalue weighted by molar-refractivity contribution is 6.22. The Kier molecular flexibility index (Phi) is 14.2. The molecule has 19 heteroatoms. The Hall–Kier alpha value is -8.75. The van der Waals surface area contributed by atoms with E-state index in [-0.39, 0.29) is 44.5 Å². The van der Waals surface area contributed by atoms with Crippen LogP contribution in [0.5, 0.6) is 0 Å². The molecule has 10 atom stereocenters. The van der Waals surface area contributed by atoms with Gasteiger partial charge in [-0.05, 0) is 72.8 Å². The van der Waals surface area contributed by atoms with E-state index in [0.29, 0.717) is 9.80 Å². The number of halogens is 1. The molecular weight excluding hydrogens is 976 g/mol. The van der Waals surface area contributed by atoms with Crippen molar-refractivity contribution in [2.75, 3.05) is 13.2 Å². The predicted octanol–water partition coefficient (Wildman–Crippen LogP) is 5.65. The van der Waals surface area contributed by atoms with Gasteiger partial charge in [0.05, 0.1) is 44.5 Å². The number of aliphatic hydroxyl groups excluding tert-OH is 1.